The van der Waals surface area contributed by atoms with Crippen LogP contribution in [0.25, 0.3) is 0 Å². The highest BCUT2D eigenvalue weighted by molar-refractivity contribution is 5.76. The highest BCUT2D eigenvalue weighted by atomic mass is 16.5. The minimum absolute atomic E-state index is 0.193. The van der Waals surface area contributed by atoms with Crippen LogP contribution >= 0.6 is 0 Å². The van der Waals surface area contributed by atoms with E-state index in [0.717, 1.165) is 50.5 Å². The molecule has 29 heavy (non-hydrogen) atoms. The number of hydrazine groups is 1. The van der Waals surface area contributed by atoms with Crippen LogP contribution in [0.2, 0.25) is 0 Å². The number of hydrogen-bond acceptors (Lipinski definition) is 5. The quantitative estimate of drug-likeness (QED) is 0.780. The molecule has 2 N–H and O–H groups in total. The number of methoxy groups -OCH3 is 1. The van der Waals surface area contributed by atoms with Gasteiger partial charge in [0.1, 0.15) is 18.1 Å². The van der Waals surface area contributed by atoms with Crippen molar-refractivity contribution >= 4 is 5.91 Å². The van der Waals surface area contributed by atoms with Crippen LogP contribution in [-0.2, 0) is 17.8 Å². The summed E-state index contributed by atoms with van der Waals surface area (Å²) < 4.78 is 7.37. The minimum atomic E-state index is 0.193. The van der Waals surface area contributed by atoms with Gasteiger partial charge in [0.05, 0.1) is 7.11 Å². The van der Waals surface area contributed by atoms with Gasteiger partial charge in [-0.2, -0.15) is 0 Å². The van der Waals surface area contributed by atoms with Gasteiger partial charge in [0.2, 0.25) is 5.91 Å². The van der Waals surface area contributed by atoms with E-state index in [1.807, 2.05) is 21.7 Å². The summed E-state index contributed by atoms with van der Waals surface area (Å²) in [6.45, 7) is 5.02. The van der Waals surface area contributed by atoms with E-state index in [0.29, 0.717) is 24.4 Å². The zero-order valence-electron chi connectivity index (χ0n) is 17.3. The summed E-state index contributed by atoms with van der Waals surface area (Å²) in [7, 11) is 1.71. The average Bonchev–Trinajstić information content (AvgIpc) is 3.43. The van der Waals surface area contributed by atoms with Crippen LogP contribution in [0.3, 0.4) is 0 Å². The second kappa shape index (κ2) is 8.97. The SMILES string of the molecule is CCc1nccn1CC(=O)N1CCC(C2NNCC2c2cccc(OC)c2)CC1. The lowest BCUT2D eigenvalue weighted by Gasteiger charge is -2.36. The number of aromatic nitrogens is 2. The van der Waals surface area contributed by atoms with Gasteiger partial charge >= 0.3 is 0 Å². The maximum Gasteiger partial charge on any atom is 0.242 e. The van der Waals surface area contributed by atoms with E-state index < -0.39 is 0 Å². The zero-order chi connectivity index (χ0) is 20.2. The molecule has 2 aliphatic heterocycles. The van der Waals surface area contributed by atoms with Gasteiger partial charge in [-0.05, 0) is 36.5 Å². The number of carbonyl (C=O) groups excluding carboxylic acids is 1. The number of piperidine rings is 1. The number of benzene rings is 1. The Kier molecular flexibility index (Phi) is 6.16. The van der Waals surface area contributed by atoms with E-state index in [2.05, 4.69) is 41.0 Å². The first-order valence-electron chi connectivity index (χ1n) is 10.6. The molecule has 3 heterocycles. The number of ether oxygens (including phenoxy) is 1. The minimum Gasteiger partial charge on any atom is -0.497 e. The fourth-order valence-corrected chi connectivity index (χ4v) is 4.71. The zero-order valence-corrected chi connectivity index (χ0v) is 17.3. The van der Waals surface area contributed by atoms with E-state index in [-0.39, 0.29) is 5.91 Å². The van der Waals surface area contributed by atoms with E-state index in [1.165, 1.54) is 5.56 Å². The molecule has 7 nitrogen and oxygen atoms in total. The van der Waals surface area contributed by atoms with Crippen LogP contribution in [0.1, 0.15) is 37.1 Å². The fraction of sp³-hybridized carbons (Fsp3) is 0.545. The number of imidazole rings is 1. The van der Waals surface area contributed by atoms with Crippen molar-refractivity contribution < 1.29 is 9.53 Å². The smallest absolute Gasteiger partial charge is 0.242 e. The maximum absolute atomic E-state index is 12.8. The molecule has 7 heteroatoms. The number of rotatable bonds is 6. The van der Waals surface area contributed by atoms with Gasteiger partial charge in [-0.25, -0.2) is 4.98 Å². The molecule has 1 amide bonds. The molecule has 1 aromatic heterocycles. The summed E-state index contributed by atoms with van der Waals surface area (Å²) in [5, 5.41) is 0. The number of nitrogens with one attached hydrogen (secondary N) is 2. The highest BCUT2D eigenvalue weighted by Gasteiger charge is 2.37. The number of likely N-dealkylation sites (tertiary alicyclic amines) is 1. The summed E-state index contributed by atoms with van der Waals surface area (Å²) in [6.07, 6.45) is 6.56. The lowest BCUT2D eigenvalue weighted by molar-refractivity contribution is -0.133. The van der Waals surface area contributed by atoms with Crippen LogP contribution in [0, 0.1) is 5.92 Å². The molecule has 0 aliphatic carbocycles. The average molecular weight is 398 g/mol. The van der Waals surface area contributed by atoms with Crippen molar-refractivity contribution in [3.63, 3.8) is 0 Å². The first-order chi connectivity index (χ1) is 14.2. The first kappa shape index (κ1) is 19.9. The van der Waals surface area contributed by atoms with E-state index in [9.17, 15) is 4.79 Å². The lowest BCUT2D eigenvalue weighted by Crippen LogP contribution is -2.46. The van der Waals surface area contributed by atoms with Crippen LogP contribution in [0.15, 0.2) is 36.7 Å². The van der Waals surface area contributed by atoms with E-state index in [1.54, 1.807) is 13.3 Å². The molecule has 0 spiro atoms. The van der Waals surface area contributed by atoms with E-state index in [4.69, 9.17) is 4.74 Å². The van der Waals surface area contributed by atoms with Crippen LogP contribution in [0.5, 0.6) is 5.75 Å². The summed E-state index contributed by atoms with van der Waals surface area (Å²) in [6, 6.07) is 8.75. The second-order valence-corrected chi connectivity index (χ2v) is 7.98. The second-order valence-electron chi connectivity index (χ2n) is 7.98. The summed E-state index contributed by atoms with van der Waals surface area (Å²) in [5.41, 5.74) is 8.15. The summed E-state index contributed by atoms with van der Waals surface area (Å²) in [5.74, 6) is 3.02. The Bertz CT molecular complexity index is 828. The molecule has 156 valence electrons. The van der Waals surface area contributed by atoms with Crippen molar-refractivity contribution in [1.29, 1.82) is 0 Å². The van der Waals surface area contributed by atoms with Gasteiger partial charge in [-0.15, -0.1) is 0 Å². The van der Waals surface area contributed by atoms with Crippen LogP contribution in [0.4, 0.5) is 0 Å². The third-order valence-electron chi connectivity index (χ3n) is 6.37. The van der Waals surface area contributed by atoms with Crippen molar-refractivity contribution in [2.75, 3.05) is 26.7 Å². The molecule has 2 saturated heterocycles. The van der Waals surface area contributed by atoms with Crippen molar-refractivity contribution in [2.45, 2.75) is 44.7 Å². The van der Waals surface area contributed by atoms with Crippen molar-refractivity contribution in [2.24, 2.45) is 5.92 Å². The number of hydrogen-bond donors (Lipinski definition) is 2. The van der Waals surface area contributed by atoms with Gasteiger partial charge in [0, 0.05) is 50.4 Å². The van der Waals surface area contributed by atoms with Gasteiger partial charge < -0.3 is 14.2 Å². The number of aryl methyl sites for hydroxylation is 1. The Balaban J connectivity index is 1.35. The maximum atomic E-state index is 12.8. The first-order valence-corrected chi connectivity index (χ1v) is 10.6. The summed E-state index contributed by atoms with van der Waals surface area (Å²) >= 11 is 0. The normalized spacial score (nSPS) is 22.8. The fourth-order valence-electron chi connectivity index (χ4n) is 4.71. The van der Waals surface area contributed by atoms with Gasteiger partial charge in [0.25, 0.3) is 0 Å². The molecule has 0 saturated carbocycles. The number of nitrogens with zero attached hydrogens (tertiary/aromatic N) is 3. The molecule has 2 atom stereocenters. The predicted octanol–water partition coefficient (Wildman–Crippen LogP) is 1.95. The van der Waals surface area contributed by atoms with E-state index >= 15 is 0 Å². The number of amides is 1. The standard InChI is InChI=1S/C22H31N5O2/c1-3-20-23-9-12-27(20)15-21(28)26-10-7-16(8-11-26)22-19(14-24-25-22)17-5-4-6-18(13-17)29-2/h4-6,9,12-13,16,19,22,24-25H,3,7-8,10-11,14-15H2,1-2H3. The lowest BCUT2D eigenvalue weighted by atomic mass is 9.80. The molecular weight excluding hydrogens is 366 g/mol. The Hall–Kier alpha value is -2.38. The van der Waals surface area contributed by atoms with Crippen molar-refractivity contribution in [1.82, 2.24) is 25.3 Å². The predicted molar refractivity (Wildman–Crippen MR) is 112 cm³/mol. The van der Waals surface area contributed by atoms with Crippen molar-refractivity contribution in [3.05, 3.63) is 48.0 Å². The Morgan fingerprint density at radius 2 is 2.14 bits per heavy atom. The van der Waals surface area contributed by atoms with Gasteiger partial charge in [-0.3, -0.25) is 15.6 Å². The molecule has 2 unspecified atom stereocenters. The van der Waals surface area contributed by atoms with Crippen LogP contribution in [-0.4, -0.2) is 53.1 Å². The molecule has 1 aromatic carbocycles. The molecule has 2 aromatic rings. The molecule has 2 aliphatic rings. The Morgan fingerprint density at radius 3 is 2.90 bits per heavy atom. The molecule has 2 fully saturated rings. The monoisotopic (exact) mass is 397 g/mol. The third kappa shape index (κ3) is 4.31. The molecular formula is C22H31N5O2. The van der Waals surface area contributed by atoms with Gasteiger partial charge in [0.15, 0.2) is 0 Å². The molecule has 0 radical (unpaired) electrons. The Morgan fingerprint density at radius 1 is 1.31 bits per heavy atom. The Labute approximate surface area is 172 Å². The summed E-state index contributed by atoms with van der Waals surface area (Å²) in [4.78, 5) is 19.1. The third-order valence-corrected chi connectivity index (χ3v) is 6.37. The topological polar surface area (TPSA) is 71.4 Å². The van der Waals surface area contributed by atoms with Crippen molar-refractivity contribution in [3.8, 4) is 5.75 Å². The number of carbonyl (C=O) groups is 1. The van der Waals surface area contributed by atoms with Gasteiger partial charge in [-0.1, -0.05) is 19.1 Å². The largest absolute Gasteiger partial charge is 0.497 e. The molecule has 4 rings (SSSR count). The molecule has 0 bridgehead atoms. The highest BCUT2D eigenvalue weighted by Crippen LogP contribution is 2.33. The van der Waals surface area contributed by atoms with Crippen LogP contribution < -0.4 is 15.6 Å².